The molecule has 1 heterocycles. The van der Waals surface area contributed by atoms with Crippen LogP contribution in [0.1, 0.15) is 45.2 Å². The van der Waals surface area contributed by atoms with Crippen LogP contribution in [0.5, 0.6) is 0 Å². The minimum absolute atomic E-state index is 0.223. The standard InChI is InChI=1S/C19H27N3O2/c1-5-21(13-16-8-6-15(12-20)7-9-16)17-10-11-22(14-17)18(23)24-19(2,3)4/h6-9,17H,5,10-11,13-14H2,1-4H3. The Bertz CT molecular complexity index is 599. The van der Waals surface area contributed by atoms with Crippen LogP contribution < -0.4 is 0 Å². The molecule has 0 bridgehead atoms. The lowest BCUT2D eigenvalue weighted by Crippen LogP contribution is -2.40. The van der Waals surface area contributed by atoms with Gasteiger partial charge in [0.25, 0.3) is 0 Å². The lowest BCUT2D eigenvalue weighted by molar-refractivity contribution is 0.0279. The van der Waals surface area contributed by atoms with Crippen molar-refractivity contribution in [3.8, 4) is 6.07 Å². The minimum Gasteiger partial charge on any atom is -0.444 e. The van der Waals surface area contributed by atoms with Gasteiger partial charge in [-0.3, -0.25) is 4.90 Å². The zero-order valence-corrected chi connectivity index (χ0v) is 15.1. The molecule has 1 unspecified atom stereocenters. The van der Waals surface area contributed by atoms with Crippen LogP contribution in [0.15, 0.2) is 24.3 Å². The van der Waals surface area contributed by atoms with Gasteiger partial charge in [0.15, 0.2) is 0 Å². The summed E-state index contributed by atoms with van der Waals surface area (Å²) in [5, 5.41) is 8.88. The molecule has 1 aromatic rings. The zero-order chi connectivity index (χ0) is 17.7. The van der Waals surface area contributed by atoms with Crippen molar-refractivity contribution in [3.63, 3.8) is 0 Å². The summed E-state index contributed by atoms with van der Waals surface area (Å²) in [4.78, 5) is 16.4. The first-order valence-electron chi connectivity index (χ1n) is 8.53. The van der Waals surface area contributed by atoms with E-state index in [0.717, 1.165) is 26.1 Å². The molecule has 0 saturated carbocycles. The van der Waals surface area contributed by atoms with Crippen molar-refractivity contribution in [3.05, 3.63) is 35.4 Å². The van der Waals surface area contributed by atoms with E-state index in [-0.39, 0.29) is 6.09 Å². The van der Waals surface area contributed by atoms with Crippen LogP contribution in [0.4, 0.5) is 4.79 Å². The molecule has 1 aliphatic rings. The SMILES string of the molecule is CCN(Cc1ccc(C#N)cc1)C1CCN(C(=O)OC(C)(C)C)C1. The molecule has 1 fully saturated rings. The van der Waals surface area contributed by atoms with E-state index >= 15 is 0 Å². The second-order valence-electron chi connectivity index (χ2n) is 7.24. The summed E-state index contributed by atoms with van der Waals surface area (Å²) >= 11 is 0. The molecular formula is C19H27N3O2. The van der Waals surface area contributed by atoms with Gasteiger partial charge >= 0.3 is 6.09 Å². The molecule has 0 spiro atoms. The van der Waals surface area contributed by atoms with Crippen molar-refractivity contribution in [1.82, 2.24) is 9.80 Å². The number of benzene rings is 1. The molecule has 0 N–H and O–H groups in total. The van der Waals surface area contributed by atoms with E-state index in [2.05, 4.69) is 17.9 Å². The number of amides is 1. The minimum atomic E-state index is -0.456. The van der Waals surface area contributed by atoms with Gasteiger partial charge in [0.05, 0.1) is 11.6 Å². The van der Waals surface area contributed by atoms with Crippen LogP contribution in [0.3, 0.4) is 0 Å². The molecule has 0 aromatic heterocycles. The third-order valence-corrected chi connectivity index (χ3v) is 4.21. The number of likely N-dealkylation sites (tertiary alicyclic amines) is 1. The smallest absolute Gasteiger partial charge is 0.410 e. The van der Waals surface area contributed by atoms with Crippen molar-refractivity contribution in [2.24, 2.45) is 0 Å². The van der Waals surface area contributed by atoms with Crippen molar-refractivity contribution in [2.45, 2.75) is 52.3 Å². The number of carbonyl (C=O) groups is 1. The molecule has 5 nitrogen and oxygen atoms in total. The number of rotatable bonds is 4. The number of nitriles is 1. The third-order valence-electron chi connectivity index (χ3n) is 4.21. The van der Waals surface area contributed by atoms with Crippen LogP contribution in [0, 0.1) is 11.3 Å². The highest BCUT2D eigenvalue weighted by molar-refractivity contribution is 5.68. The monoisotopic (exact) mass is 329 g/mol. The van der Waals surface area contributed by atoms with Gasteiger partial charge in [-0.1, -0.05) is 19.1 Å². The van der Waals surface area contributed by atoms with Crippen LogP contribution in [-0.2, 0) is 11.3 Å². The van der Waals surface area contributed by atoms with Gasteiger partial charge in [-0.2, -0.15) is 5.26 Å². The largest absolute Gasteiger partial charge is 0.444 e. The lowest BCUT2D eigenvalue weighted by atomic mass is 10.1. The topological polar surface area (TPSA) is 56.6 Å². The first-order valence-corrected chi connectivity index (χ1v) is 8.53. The number of hydrogen-bond acceptors (Lipinski definition) is 4. The number of hydrogen-bond donors (Lipinski definition) is 0. The average Bonchev–Trinajstić information content (AvgIpc) is 3.01. The quantitative estimate of drug-likeness (QED) is 0.849. The molecule has 130 valence electrons. The van der Waals surface area contributed by atoms with E-state index in [4.69, 9.17) is 10.00 Å². The maximum absolute atomic E-state index is 12.2. The Balaban J connectivity index is 1.94. The molecule has 1 atom stereocenters. The second kappa shape index (κ2) is 7.67. The van der Waals surface area contributed by atoms with Crippen molar-refractivity contribution >= 4 is 6.09 Å². The Kier molecular flexibility index (Phi) is 5.84. The molecule has 1 aliphatic heterocycles. The molecule has 24 heavy (non-hydrogen) atoms. The predicted octanol–water partition coefficient (Wildman–Crippen LogP) is 3.39. The van der Waals surface area contributed by atoms with Gasteiger partial charge < -0.3 is 9.64 Å². The molecule has 1 amide bonds. The third kappa shape index (κ3) is 4.97. The Hall–Kier alpha value is -2.06. The van der Waals surface area contributed by atoms with Crippen LogP contribution in [-0.4, -0.2) is 47.2 Å². The fraction of sp³-hybridized carbons (Fsp3) is 0.579. The van der Waals surface area contributed by atoms with Crippen molar-refractivity contribution in [1.29, 1.82) is 5.26 Å². The molecular weight excluding hydrogens is 302 g/mol. The van der Waals surface area contributed by atoms with Gasteiger partial charge in [-0.25, -0.2) is 4.79 Å². The summed E-state index contributed by atoms with van der Waals surface area (Å²) < 4.78 is 5.47. The second-order valence-corrected chi connectivity index (χ2v) is 7.24. The summed E-state index contributed by atoms with van der Waals surface area (Å²) in [5.41, 5.74) is 1.41. The van der Waals surface area contributed by atoms with E-state index in [1.165, 1.54) is 5.56 Å². The molecule has 5 heteroatoms. The van der Waals surface area contributed by atoms with Crippen molar-refractivity contribution in [2.75, 3.05) is 19.6 Å². The van der Waals surface area contributed by atoms with Gasteiger partial charge in [0, 0.05) is 25.7 Å². The number of likely N-dealkylation sites (N-methyl/N-ethyl adjacent to an activating group) is 1. The first-order chi connectivity index (χ1) is 11.3. The van der Waals surface area contributed by atoms with Gasteiger partial charge in [0.1, 0.15) is 5.60 Å². The van der Waals surface area contributed by atoms with E-state index in [1.807, 2.05) is 45.0 Å². The number of carbonyl (C=O) groups excluding carboxylic acids is 1. The Morgan fingerprint density at radius 3 is 2.58 bits per heavy atom. The predicted molar refractivity (Wildman–Crippen MR) is 93.5 cm³/mol. The summed E-state index contributed by atoms with van der Waals surface area (Å²) in [5.74, 6) is 0. The highest BCUT2D eigenvalue weighted by Crippen LogP contribution is 2.20. The van der Waals surface area contributed by atoms with Crippen LogP contribution in [0.2, 0.25) is 0 Å². The molecule has 1 saturated heterocycles. The summed E-state index contributed by atoms with van der Waals surface area (Å²) in [6.07, 6.45) is 0.739. The molecule has 0 radical (unpaired) electrons. The van der Waals surface area contributed by atoms with Gasteiger partial charge in [0.2, 0.25) is 0 Å². The number of ether oxygens (including phenoxy) is 1. The van der Waals surface area contributed by atoms with E-state index < -0.39 is 5.60 Å². The lowest BCUT2D eigenvalue weighted by Gasteiger charge is -2.28. The normalized spacial score (nSPS) is 17.8. The first kappa shape index (κ1) is 18.3. The number of nitrogens with zero attached hydrogens (tertiary/aromatic N) is 3. The molecule has 2 rings (SSSR count). The Morgan fingerprint density at radius 1 is 1.38 bits per heavy atom. The maximum Gasteiger partial charge on any atom is 0.410 e. The highest BCUT2D eigenvalue weighted by atomic mass is 16.6. The van der Waals surface area contributed by atoms with E-state index in [1.54, 1.807) is 4.90 Å². The fourth-order valence-electron chi connectivity index (χ4n) is 2.95. The van der Waals surface area contributed by atoms with Gasteiger partial charge in [-0.05, 0) is 51.4 Å². The Labute approximate surface area is 144 Å². The van der Waals surface area contributed by atoms with Crippen LogP contribution in [0.25, 0.3) is 0 Å². The van der Waals surface area contributed by atoms with Crippen LogP contribution >= 0.6 is 0 Å². The maximum atomic E-state index is 12.2. The van der Waals surface area contributed by atoms with E-state index in [9.17, 15) is 4.79 Å². The molecule has 0 aliphatic carbocycles. The summed E-state index contributed by atoms with van der Waals surface area (Å²) in [7, 11) is 0. The van der Waals surface area contributed by atoms with Gasteiger partial charge in [-0.15, -0.1) is 0 Å². The fourth-order valence-corrected chi connectivity index (χ4v) is 2.95. The Morgan fingerprint density at radius 2 is 2.04 bits per heavy atom. The van der Waals surface area contributed by atoms with Crippen molar-refractivity contribution < 1.29 is 9.53 Å². The summed E-state index contributed by atoms with van der Waals surface area (Å²) in [6.45, 7) is 11.0. The highest BCUT2D eigenvalue weighted by Gasteiger charge is 2.32. The van der Waals surface area contributed by atoms with E-state index in [0.29, 0.717) is 18.2 Å². The molecule has 1 aromatic carbocycles. The zero-order valence-electron chi connectivity index (χ0n) is 15.1. The average molecular weight is 329 g/mol. The summed E-state index contributed by atoms with van der Waals surface area (Å²) in [6, 6.07) is 10.2.